The first kappa shape index (κ1) is 12.8. The van der Waals surface area contributed by atoms with Crippen molar-refractivity contribution in [2.24, 2.45) is 5.92 Å². The molecule has 0 aromatic heterocycles. The molecule has 0 saturated heterocycles. The number of aliphatic hydroxyl groups excluding tert-OH is 1. The molecule has 0 aromatic carbocycles. The van der Waals surface area contributed by atoms with Crippen molar-refractivity contribution < 1.29 is 19.8 Å². The highest BCUT2D eigenvalue weighted by Gasteiger charge is 2.26. The van der Waals surface area contributed by atoms with Crippen LogP contribution in [-0.4, -0.2) is 40.9 Å². The molecule has 1 saturated carbocycles. The Hall–Kier alpha value is -1.30. The minimum atomic E-state index is -1.41. The van der Waals surface area contributed by atoms with Gasteiger partial charge in [-0.25, -0.2) is 9.59 Å². The second-order valence-electron chi connectivity index (χ2n) is 4.32. The van der Waals surface area contributed by atoms with Gasteiger partial charge in [0.05, 0.1) is 0 Å². The maximum absolute atomic E-state index is 11.3. The number of rotatable bonds is 5. The number of hydrogen-bond donors (Lipinski definition) is 4. The predicted molar refractivity (Wildman–Crippen MR) is 57.0 cm³/mol. The summed E-state index contributed by atoms with van der Waals surface area (Å²) < 4.78 is 0. The van der Waals surface area contributed by atoms with Gasteiger partial charge >= 0.3 is 12.0 Å². The highest BCUT2D eigenvalue weighted by atomic mass is 16.4. The summed E-state index contributed by atoms with van der Waals surface area (Å²) in [5.41, 5.74) is 0. The molecule has 1 unspecified atom stereocenters. The van der Waals surface area contributed by atoms with Crippen LogP contribution in [0.5, 0.6) is 0 Å². The number of urea groups is 1. The average molecular weight is 230 g/mol. The van der Waals surface area contributed by atoms with E-state index in [-0.39, 0.29) is 25.0 Å². The fraction of sp³-hybridized carbons (Fsp3) is 0.800. The second kappa shape index (κ2) is 5.69. The van der Waals surface area contributed by atoms with E-state index in [2.05, 4.69) is 17.6 Å². The quantitative estimate of drug-likeness (QED) is 0.531. The average Bonchev–Trinajstić information content (AvgIpc) is 2.15. The van der Waals surface area contributed by atoms with Gasteiger partial charge in [0.25, 0.3) is 0 Å². The van der Waals surface area contributed by atoms with Gasteiger partial charge in [0.1, 0.15) is 0 Å². The summed E-state index contributed by atoms with van der Waals surface area (Å²) in [7, 11) is 0. The Balaban J connectivity index is 2.04. The van der Waals surface area contributed by atoms with Crippen LogP contribution < -0.4 is 10.6 Å². The van der Waals surface area contributed by atoms with Crippen LogP contribution in [0.3, 0.4) is 0 Å². The fourth-order valence-electron chi connectivity index (χ4n) is 1.70. The standard InChI is InChI=1S/C10H18N2O4/c1-6-4-7(5-6)12-10(16)11-3-2-8(13)9(14)15/h6-8,13H,2-5H2,1H3,(H,14,15)(H2,11,12,16). The van der Waals surface area contributed by atoms with Gasteiger partial charge in [0.2, 0.25) is 0 Å². The Morgan fingerprint density at radius 2 is 2.06 bits per heavy atom. The first-order valence-electron chi connectivity index (χ1n) is 5.44. The molecule has 0 aromatic rings. The molecule has 6 nitrogen and oxygen atoms in total. The van der Waals surface area contributed by atoms with Crippen molar-refractivity contribution in [2.45, 2.75) is 38.3 Å². The van der Waals surface area contributed by atoms with Crippen LogP contribution in [-0.2, 0) is 4.79 Å². The number of nitrogens with one attached hydrogen (secondary N) is 2. The first-order valence-corrected chi connectivity index (χ1v) is 5.44. The SMILES string of the molecule is CC1CC(NC(=O)NCCC(O)C(=O)O)C1. The summed E-state index contributed by atoms with van der Waals surface area (Å²) in [4.78, 5) is 21.5. The maximum Gasteiger partial charge on any atom is 0.332 e. The smallest absolute Gasteiger partial charge is 0.332 e. The predicted octanol–water partition coefficient (Wildman–Crippen LogP) is -0.0803. The molecule has 0 bridgehead atoms. The van der Waals surface area contributed by atoms with Gasteiger partial charge < -0.3 is 20.8 Å². The number of aliphatic carboxylic acids is 1. The van der Waals surface area contributed by atoms with Crippen molar-refractivity contribution in [2.75, 3.05) is 6.54 Å². The van der Waals surface area contributed by atoms with Crippen LogP contribution in [0.2, 0.25) is 0 Å². The molecule has 1 aliphatic carbocycles. The maximum atomic E-state index is 11.3. The lowest BCUT2D eigenvalue weighted by Crippen LogP contribution is -2.48. The van der Waals surface area contributed by atoms with E-state index < -0.39 is 12.1 Å². The van der Waals surface area contributed by atoms with Gasteiger partial charge in [0, 0.05) is 19.0 Å². The Bertz CT molecular complexity index is 264. The van der Waals surface area contributed by atoms with Crippen LogP contribution in [0.4, 0.5) is 4.79 Å². The van der Waals surface area contributed by atoms with E-state index in [1.54, 1.807) is 0 Å². The van der Waals surface area contributed by atoms with E-state index in [9.17, 15) is 9.59 Å². The van der Waals surface area contributed by atoms with Crippen LogP contribution >= 0.6 is 0 Å². The summed E-state index contributed by atoms with van der Waals surface area (Å²) in [6.45, 7) is 2.28. The molecule has 0 heterocycles. The molecule has 16 heavy (non-hydrogen) atoms. The molecule has 0 radical (unpaired) electrons. The van der Waals surface area contributed by atoms with Gasteiger partial charge in [0.15, 0.2) is 6.10 Å². The number of amides is 2. The molecule has 1 aliphatic rings. The molecule has 92 valence electrons. The monoisotopic (exact) mass is 230 g/mol. The highest BCUT2D eigenvalue weighted by Crippen LogP contribution is 2.25. The number of aliphatic hydroxyl groups is 1. The molecule has 4 N–H and O–H groups in total. The number of carbonyl (C=O) groups is 2. The van der Waals surface area contributed by atoms with Crippen molar-refractivity contribution in [1.82, 2.24) is 10.6 Å². The van der Waals surface area contributed by atoms with Crippen LogP contribution in [0.15, 0.2) is 0 Å². The van der Waals surface area contributed by atoms with E-state index in [0.717, 1.165) is 12.8 Å². The number of carboxylic acid groups (broad SMARTS) is 1. The molecule has 6 heteroatoms. The molecule has 1 rings (SSSR count). The Morgan fingerprint density at radius 3 is 2.56 bits per heavy atom. The molecule has 1 fully saturated rings. The second-order valence-corrected chi connectivity index (χ2v) is 4.32. The van der Waals surface area contributed by atoms with E-state index in [1.807, 2.05) is 0 Å². The van der Waals surface area contributed by atoms with E-state index in [1.165, 1.54) is 0 Å². The Kier molecular flexibility index (Phi) is 4.54. The lowest BCUT2D eigenvalue weighted by Gasteiger charge is -2.33. The lowest BCUT2D eigenvalue weighted by atomic mass is 9.82. The molecule has 1 atom stereocenters. The minimum Gasteiger partial charge on any atom is -0.479 e. The van der Waals surface area contributed by atoms with Crippen LogP contribution in [0, 0.1) is 5.92 Å². The number of carboxylic acids is 1. The molecular weight excluding hydrogens is 212 g/mol. The Morgan fingerprint density at radius 1 is 1.44 bits per heavy atom. The topological polar surface area (TPSA) is 98.7 Å². The third-order valence-corrected chi connectivity index (χ3v) is 2.70. The van der Waals surface area contributed by atoms with Gasteiger partial charge in [-0.2, -0.15) is 0 Å². The minimum absolute atomic E-state index is 0.0177. The third-order valence-electron chi connectivity index (χ3n) is 2.70. The van der Waals surface area contributed by atoms with Gasteiger partial charge in [-0.05, 0) is 18.8 Å². The summed E-state index contributed by atoms with van der Waals surface area (Å²) in [6.07, 6.45) is 0.587. The molecular formula is C10H18N2O4. The zero-order valence-electron chi connectivity index (χ0n) is 9.27. The normalized spacial score (nSPS) is 25.4. The summed E-state index contributed by atoms with van der Waals surface area (Å²) in [5.74, 6) is -0.603. The van der Waals surface area contributed by atoms with Crippen molar-refractivity contribution >= 4 is 12.0 Å². The molecule has 2 amide bonds. The van der Waals surface area contributed by atoms with Crippen LogP contribution in [0.25, 0.3) is 0 Å². The van der Waals surface area contributed by atoms with Gasteiger partial charge in [-0.15, -0.1) is 0 Å². The fourth-order valence-corrected chi connectivity index (χ4v) is 1.70. The number of carbonyl (C=O) groups excluding carboxylic acids is 1. The molecule has 0 spiro atoms. The van der Waals surface area contributed by atoms with Crippen LogP contribution in [0.1, 0.15) is 26.2 Å². The summed E-state index contributed by atoms with van der Waals surface area (Å²) >= 11 is 0. The van der Waals surface area contributed by atoms with Gasteiger partial charge in [-0.1, -0.05) is 6.92 Å². The van der Waals surface area contributed by atoms with E-state index >= 15 is 0 Å². The first-order chi connectivity index (χ1) is 7.49. The Labute approximate surface area is 94.0 Å². The largest absolute Gasteiger partial charge is 0.479 e. The van der Waals surface area contributed by atoms with Crippen molar-refractivity contribution in [3.05, 3.63) is 0 Å². The van der Waals surface area contributed by atoms with Crippen molar-refractivity contribution in [3.63, 3.8) is 0 Å². The lowest BCUT2D eigenvalue weighted by molar-refractivity contribution is -0.146. The van der Waals surface area contributed by atoms with Crippen molar-refractivity contribution in [1.29, 1.82) is 0 Å². The van der Waals surface area contributed by atoms with Crippen molar-refractivity contribution in [3.8, 4) is 0 Å². The molecule has 0 aliphatic heterocycles. The van der Waals surface area contributed by atoms with E-state index in [0.29, 0.717) is 5.92 Å². The summed E-state index contributed by atoms with van der Waals surface area (Å²) in [6, 6.07) is -0.0612. The summed E-state index contributed by atoms with van der Waals surface area (Å²) in [5, 5.41) is 22.6. The number of hydrogen-bond acceptors (Lipinski definition) is 3. The van der Waals surface area contributed by atoms with Gasteiger partial charge in [-0.3, -0.25) is 0 Å². The zero-order chi connectivity index (χ0) is 12.1. The zero-order valence-corrected chi connectivity index (χ0v) is 9.27. The highest BCUT2D eigenvalue weighted by molar-refractivity contribution is 5.74. The third kappa shape index (κ3) is 4.06. The van der Waals surface area contributed by atoms with E-state index in [4.69, 9.17) is 10.2 Å².